The molecule has 1 aromatic carbocycles. The zero-order valence-corrected chi connectivity index (χ0v) is 9.98. The fraction of sp³-hybridized carbons (Fsp3) is 0.385. The Morgan fingerprint density at radius 2 is 2.06 bits per heavy atom. The zero-order valence-electron chi connectivity index (χ0n) is 9.98. The topological polar surface area (TPSA) is 88.1 Å². The third-order valence-electron chi connectivity index (χ3n) is 3.29. The van der Waals surface area contributed by atoms with Gasteiger partial charge in [0.05, 0.1) is 11.8 Å². The number of H-pyrrole nitrogens is 1. The summed E-state index contributed by atoms with van der Waals surface area (Å²) in [6.45, 7) is 1.67. The average Bonchev–Trinajstić information content (AvgIpc) is 2.69. The minimum absolute atomic E-state index is 0.548. The average molecular weight is 233 g/mol. The van der Waals surface area contributed by atoms with E-state index in [0.717, 1.165) is 11.9 Å². The number of rotatable bonds is 4. The summed E-state index contributed by atoms with van der Waals surface area (Å²) in [6, 6.07) is 8.10. The number of aromatic amines is 1. The molecule has 0 fully saturated rings. The molecule has 0 spiro atoms. The molecule has 0 saturated heterocycles. The van der Waals surface area contributed by atoms with Gasteiger partial charge in [-0.15, -0.1) is 0 Å². The van der Waals surface area contributed by atoms with Gasteiger partial charge in [-0.1, -0.05) is 18.2 Å². The monoisotopic (exact) mass is 233 g/mol. The number of nitrogens with two attached hydrogens (primary N) is 2. The molecule has 4 nitrogen and oxygen atoms in total. The normalized spacial score (nSPS) is 15.4. The van der Waals surface area contributed by atoms with Crippen LogP contribution < -0.4 is 11.5 Å². The lowest BCUT2D eigenvalue weighted by atomic mass is 9.94. The Labute approximate surface area is 101 Å². The van der Waals surface area contributed by atoms with E-state index in [1.807, 2.05) is 24.4 Å². The number of aryl methyl sites for hydroxylation is 1. The molecule has 92 valence electrons. The predicted molar refractivity (Wildman–Crippen MR) is 69.4 cm³/mol. The highest BCUT2D eigenvalue weighted by Crippen LogP contribution is 2.22. The van der Waals surface area contributed by atoms with Crippen LogP contribution >= 0.6 is 0 Å². The number of nitrogens with one attached hydrogen (secondary N) is 1. The fourth-order valence-corrected chi connectivity index (χ4v) is 1.89. The van der Waals surface area contributed by atoms with E-state index in [0.29, 0.717) is 6.42 Å². The largest absolute Gasteiger partial charge is 0.387 e. The number of fused-ring (bicyclic) bond motifs is 1. The third-order valence-corrected chi connectivity index (χ3v) is 3.29. The van der Waals surface area contributed by atoms with E-state index in [1.165, 1.54) is 10.9 Å². The van der Waals surface area contributed by atoms with Crippen LogP contribution in [0.3, 0.4) is 0 Å². The smallest absolute Gasteiger partial charge is 0.0902 e. The molecule has 1 aromatic heterocycles. The van der Waals surface area contributed by atoms with Crippen molar-refractivity contribution in [2.24, 2.45) is 11.5 Å². The SMILES string of the molecule is CC(O)(CCc1c[nH]c2ccccc12)C(N)N. The van der Waals surface area contributed by atoms with Crippen molar-refractivity contribution in [3.63, 3.8) is 0 Å². The van der Waals surface area contributed by atoms with Gasteiger partial charge in [0, 0.05) is 17.1 Å². The summed E-state index contributed by atoms with van der Waals surface area (Å²) < 4.78 is 0. The third kappa shape index (κ3) is 2.49. The van der Waals surface area contributed by atoms with Crippen LogP contribution in [0.1, 0.15) is 18.9 Å². The molecule has 2 rings (SSSR count). The molecule has 1 heterocycles. The predicted octanol–water partition coefficient (Wildman–Crippen LogP) is 1.09. The Morgan fingerprint density at radius 3 is 2.76 bits per heavy atom. The van der Waals surface area contributed by atoms with Crippen LogP contribution in [0.4, 0.5) is 0 Å². The van der Waals surface area contributed by atoms with Gasteiger partial charge in [-0.2, -0.15) is 0 Å². The molecule has 0 aliphatic heterocycles. The zero-order chi connectivity index (χ0) is 12.5. The maximum absolute atomic E-state index is 10.0. The second kappa shape index (κ2) is 4.49. The van der Waals surface area contributed by atoms with Gasteiger partial charge in [0.25, 0.3) is 0 Å². The van der Waals surface area contributed by atoms with Crippen LogP contribution in [0.2, 0.25) is 0 Å². The van der Waals surface area contributed by atoms with Crippen LogP contribution in [0.15, 0.2) is 30.5 Å². The van der Waals surface area contributed by atoms with Crippen LogP contribution in [0.25, 0.3) is 10.9 Å². The van der Waals surface area contributed by atoms with Crippen LogP contribution in [-0.4, -0.2) is 21.9 Å². The Morgan fingerprint density at radius 1 is 1.35 bits per heavy atom. The number of para-hydroxylation sites is 1. The summed E-state index contributed by atoms with van der Waals surface area (Å²) in [5.41, 5.74) is 12.3. The van der Waals surface area contributed by atoms with Gasteiger partial charge in [-0.05, 0) is 31.4 Å². The van der Waals surface area contributed by atoms with E-state index in [9.17, 15) is 5.11 Å². The molecule has 0 bridgehead atoms. The van der Waals surface area contributed by atoms with Gasteiger partial charge < -0.3 is 21.6 Å². The lowest BCUT2D eigenvalue weighted by Gasteiger charge is -2.26. The van der Waals surface area contributed by atoms with Gasteiger partial charge >= 0.3 is 0 Å². The number of hydrogen-bond donors (Lipinski definition) is 4. The van der Waals surface area contributed by atoms with Gasteiger partial charge in [0.2, 0.25) is 0 Å². The molecule has 6 N–H and O–H groups in total. The van der Waals surface area contributed by atoms with E-state index in [2.05, 4.69) is 11.1 Å². The summed E-state index contributed by atoms with van der Waals surface area (Å²) in [5.74, 6) is 0. The van der Waals surface area contributed by atoms with E-state index in [-0.39, 0.29) is 0 Å². The number of aromatic nitrogens is 1. The number of benzene rings is 1. The van der Waals surface area contributed by atoms with Crippen molar-refractivity contribution < 1.29 is 5.11 Å². The Balaban J connectivity index is 2.14. The first-order valence-electron chi connectivity index (χ1n) is 5.79. The highest BCUT2D eigenvalue weighted by atomic mass is 16.3. The highest BCUT2D eigenvalue weighted by molar-refractivity contribution is 5.82. The Hall–Kier alpha value is -1.36. The first kappa shape index (κ1) is 12.1. The first-order valence-corrected chi connectivity index (χ1v) is 5.79. The molecule has 1 unspecified atom stereocenters. The van der Waals surface area contributed by atoms with Crippen molar-refractivity contribution >= 4 is 10.9 Å². The van der Waals surface area contributed by atoms with Crippen molar-refractivity contribution in [3.05, 3.63) is 36.0 Å². The van der Waals surface area contributed by atoms with Crippen molar-refractivity contribution in [2.45, 2.75) is 31.5 Å². The van der Waals surface area contributed by atoms with E-state index < -0.39 is 11.8 Å². The molecule has 2 aromatic rings. The van der Waals surface area contributed by atoms with Gasteiger partial charge in [0.1, 0.15) is 0 Å². The molecular formula is C13H19N3O. The second-order valence-electron chi connectivity index (χ2n) is 4.74. The van der Waals surface area contributed by atoms with Crippen molar-refractivity contribution in [1.82, 2.24) is 4.98 Å². The maximum Gasteiger partial charge on any atom is 0.0902 e. The summed E-state index contributed by atoms with van der Waals surface area (Å²) >= 11 is 0. The second-order valence-corrected chi connectivity index (χ2v) is 4.74. The lowest BCUT2D eigenvalue weighted by Crippen LogP contribution is -2.52. The van der Waals surface area contributed by atoms with Crippen LogP contribution in [-0.2, 0) is 6.42 Å². The Bertz CT molecular complexity index is 502. The summed E-state index contributed by atoms with van der Waals surface area (Å²) in [6.07, 6.45) is 2.56. The molecule has 0 radical (unpaired) electrons. The number of aliphatic hydroxyl groups is 1. The van der Waals surface area contributed by atoms with E-state index in [4.69, 9.17) is 11.5 Å². The van der Waals surface area contributed by atoms with Gasteiger partial charge in [-0.25, -0.2) is 0 Å². The minimum Gasteiger partial charge on any atom is -0.387 e. The standard InChI is InChI=1S/C13H19N3O/c1-13(17,12(14)15)7-6-9-8-16-11-5-3-2-4-10(9)11/h2-5,8,12,16-17H,6-7,14-15H2,1H3. The van der Waals surface area contributed by atoms with Crippen molar-refractivity contribution in [3.8, 4) is 0 Å². The first-order chi connectivity index (χ1) is 8.00. The molecule has 1 atom stereocenters. The minimum atomic E-state index is -1.03. The van der Waals surface area contributed by atoms with Crippen LogP contribution in [0.5, 0.6) is 0 Å². The van der Waals surface area contributed by atoms with Gasteiger partial charge in [0.15, 0.2) is 0 Å². The number of hydrogen-bond acceptors (Lipinski definition) is 3. The molecular weight excluding hydrogens is 214 g/mol. The van der Waals surface area contributed by atoms with Gasteiger partial charge in [-0.3, -0.25) is 0 Å². The highest BCUT2D eigenvalue weighted by Gasteiger charge is 2.25. The Kier molecular flexibility index (Phi) is 3.19. The van der Waals surface area contributed by atoms with Crippen LogP contribution in [0, 0.1) is 0 Å². The maximum atomic E-state index is 10.0. The summed E-state index contributed by atoms with van der Waals surface area (Å²) in [4.78, 5) is 3.21. The molecule has 0 aliphatic rings. The fourth-order valence-electron chi connectivity index (χ4n) is 1.89. The lowest BCUT2D eigenvalue weighted by molar-refractivity contribution is 0.0265. The van der Waals surface area contributed by atoms with Crippen molar-refractivity contribution in [1.29, 1.82) is 0 Å². The molecule has 0 amide bonds. The van der Waals surface area contributed by atoms with E-state index in [1.54, 1.807) is 6.92 Å². The van der Waals surface area contributed by atoms with E-state index >= 15 is 0 Å². The molecule has 0 aliphatic carbocycles. The quantitative estimate of drug-likeness (QED) is 0.596. The van der Waals surface area contributed by atoms with Crippen molar-refractivity contribution in [2.75, 3.05) is 0 Å². The summed E-state index contributed by atoms with van der Waals surface area (Å²) in [5, 5.41) is 11.2. The molecule has 4 heteroatoms. The molecule has 0 saturated carbocycles. The summed E-state index contributed by atoms with van der Waals surface area (Å²) in [7, 11) is 0. The molecule has 17 heavy (non-hydrogen) atoms.